The van der Waals surface area contributed by atoms with Crippen molar-refractivity contribution in [3.8, 4) is 0 Å². The van der Waals surface area contributed by atoms with E-state index in [1.54, 1.807) is 0 Å². The average molecular weight is 402 g/mol. The molecule has 2 aromatic rings. The number of carbonyl (C=O) groups is 1. The second kappa shape index (κ2) is 8.64. The van der Waals surface area contributed by atoms with Gasteiger partial charge in [-0.1, -0.05) is 60.7 Å². The van der Waals surface area contributed by atoms with Crippen LogP contribution in [0.3, 0.4) is 0 Å². The highest BCUT2D eigenvalue weighted by Gasteiger charge is 2.51. The molecular formula is C23H28ClNO3. The van der Waals surface area contributed by atoms with E-state index in [1.165, 1.54) is 0 Å². The lowest BCUT2D eigenvalue weighted by Gasteiger charge is -2.31. The number of hydrogen-bond acceptors (Lipinski definition) is 4. The first-order valence-corrected chi connectivity index (χ1v) is 10.2. The van der Waals surface area contributed by atoms with E-state index in [0.29, 0.717) is 12.3 Å². The highest BCUT2D eigenvalue weighted by molar-refractivity contribution is 6.17. The van der Waals surface area contributed by atoms with Gasteiger partial charge in [0.15, 0.2) is 5.72 Å². The van der Waals surface area contributed by atoms with Crippen molar-refractivity contribution in [1.82, 2.24) is 5.32 Å². The van der Waals surface area contributed by atoms with Crippen molar-refractivity contribution in [1.29, 1.82) is 0 Å². The third-order valence-corrected chi connectivity index (χ3v) is 4.97. The number of benzene rings is 2. The molecule has 0 amide bonds. The minimum Gasteiger partial charge on any atom is -0.459 e. The molecule has 28 heavy (non-hydrogen) atoms. The maximum atomic E-state index is 13.0. The predicted molar refractivity (Wildman–Crippen MR) is 111 cm³/mol. The quantitative estimate of drug-likeness (QED) is 0.567. The Kier molecular flexibility index (Phi) is 6.43. The summed E-state index contributed by atoms with van der Waals surface area (Å²) < 4.78 is 12.3. The van der Waals surface area contributed by atoms with E-state index in [1.807, 2.05) is 81.4 Å². The van der Waals surface area contributed by atoms with Gasteiger partial charge in [-0.3, -0.25) is 10.1 Å². The Bertz CT molecular complexity index is 734. The van der Waals surface area contributed by atoms with Crippen LogP contribution in [0, 0.1) is 0 Å². The molecule has 1 N–H and O–H groups in total. The van der Waals surface area contributed by atoms with Gasteiger partial charge in [-0.2, -0.15) is 0 Å². The van der Waals surface area contributed by atoms with Crippen molar-refractivity contribution in [2.45, 2.75) is 57.1 Å². The van der Waals surface area contributed by atoms with Crippen molar-refractivity contribution in [3.63, 3.8) is 0 Å². The largest absolute Gasteiger partial charge is 0.459 e. The summed E-state index contributed by atoms with van der Waals surface area (Å²) in [6, 6.07) is 19.3. The second-order valence-corrected chi connectivity index (χ2v) is 8.43. The van der Waals surface area contributed by atoms with Gasteiger partial charge in [0.25, 0.3) is 0 Å². The maximum absolute atomic E-state index is 13.0. The topological polar surface area (TPSA) is 47.6 Å². The summed E-state index contributed by atoms with van der Waals surface area (Å²) in [7, 11) is 0. The number of halogens is 1. The molecule has 0 bridgehead atoms. The van der Waals surface area contributed by atoms with Crippen LogP contribution in [0.1, 0.15) is 44.7 Å². The molecule has 3 rings (SSSR count). The average Bonchev–Trinajstić information content (AvgIpc) is 3.08. The molecule has 0 unspecified atom stereocenters. The van der Waals surface area contributed by atoms with Crippen LogP contribution < -0.4 is 5.32 Å². The van der Waals surface area contributed by atoms with E-state index in [9.17, 15) is 4.79 Å². The highest BCUT2D eigenvalue weighted by atomic mass is 35.5. The number of rotatable bonds is 6. The summed E-state index contributed by atoms with van der Waals surface area (Å²) in [5.41, 5.74) is 0.410. The zero-order chi connectivity index (χ0) is 20.2. The van der Waals surface area contributed by atoms with Gasteiger partial charge in [-0.05, 0) is 33.6 Å². The van der Waals surface area contributed by atoms with Crippen molar-refractivity contribution in [2.24, 2.45) is 0 Å². The fourth-order valence-corrected chi connectivity index (χ4v) is 3.69. The van der Waals surface area contributed by atoms with Crippen LogP contribution in [-0.2, 0) is 20.0 Å². The van der Waals surface area contributed by atoms with Gasteiger partial charge in [0.05, 0.1) is 6.10 Å². The lowest BCUT2D eigenvalue weighted by molar-refractivity contribution is -0.158. The van der Waals surface area contributed by atoms with E-state index in [4.69, 9.17) is 21.1 Å². The monoisotopic (exact) mass is 401 g/mol. The molecule has 0 spiro atoms. The molecule has 0 aliphatic carbocycles. The third kappa shape index (κ3) is 4.57. The molecule has 1 heterocycles. The van der Waals surface area contributed by atoms with Crippen LogP contribution in [0.2, 0.25) is 0 Å². The first-order chi connectivity index (χ1) is 13.4. The summed E-state index contributed by atoms with van der Waals surface area (Å²) in [6.07, 6.45) is 1.09. The summed E-state index contributed by atoms with van der Waals surface area (Å²) in [4.78, 5) is 13.0. The summed E-state index contributed by atoms with van der Waals surface area (Å²) in [6.45, 7) is 5.61. The molecule has 0 saturated carbocycles. The maximum Gasteiger partial charge on any atom is 0.326 e. The molecule has 1 aliphatic rings. The standard InChI is InChI=1S/C23H28ClNO3/c1-22(2,3)28-21(26)20-19(15-10-16-24)27-23(25-20,17-11-6-4-7-12-17)18-13-8-5-9-14-18/h4-9,11-14,19-20,25H,10,15-16H2,1-3H3/t19-,20+/m1/s1. The summed E-state index contributed by atoms with van der Waals surface area (Å²) in [5.74, 6) is 0.214. The van der Waals surface area contributed by atoms with Crippen LogP contribution in [0.15, 0.2) is 60.7 Å². The summed E-state index contributed by atoms with van der Waals surface area (Å²) >= 11 is 5.93. The van der Waals surface area contributed by atoms with Crippen LogP contribution in [-0.4, -0.2) is 29.6 Å². The van der Waals surface area contributed by atoms with E-state index in [0.717, 1.165) is 17.5 Å². The predicted octanol–water partition coefficient (Wildman–Crippen LogP) is 4.61. The van der Waals surface area contributed by atoms with Gasteiger partial charge in [-0.25, -0.2) is 0 Å². The molecule has 1 saturated heterocycles. The highest BCUT2D eigenvalue weighted by Crippen LogP contribution is 2.39. The fraction of sp³-hybridized carbons (Fsp3) is 0.435. The molecule has 1 aliphatic heterocycles. The molecule has 5 heteroatoms. The Morgan fingerprint density at radius 2 is 1.61 bits per heavy atom. The molecule has 150 valence electrons. The Morgan fingerprint density at radius 1 is 1.07 bits per heavy atom. The number of hydrogen-bond donors (Lipinski definition) is 1. The Hall–Kier alpha value is -1.88. The lowest BCUT2D eigenvalue weighted by Crippen LogP contribution is -2.48. The molecule has 1 fully saturated rings. The van der Waals surface area contributed by atoms with Gasteiger partial charge in [0.1, 0.15) is 11.6 Å². The van der Waals surface area contributed by atoms with Gasteiger partial charge in [-0.15, -0.1) is 11.6 Å². The van der Waals surface area contributed by atoms with Gasteiger partial charge >= 0.3 is 5.97 Å². The normalized spacial score (nSPS) is 21.4. The number of ether oxygens (including phenoxy) is 2. The van der Waals surface area contributed by atoms with Gasteiger partial charge in [0, 0.05) is 17.0 Å². The van der Waals surface area contributed by atoms with Gasteiger partial charge in [0.2, 0.25) is 0 Å². The Morgan fingerprint density at radius 3 is 2.07 bits per heavy atom. The zero-order valence-corrected chi connectivity index (χ0v) is 17.4. The van der Waals surface area contributed by atoms with Crippen LogP contribution in [0.25, 0.3) is 0 Å². The molecular weight excluding hydrogens is 374 g/mol. The minimum atomic E-state index is -0.916. The van der Waals surface area contributed by atoms with E-state index >= 15 is 0 Å². The molecule has 0 radical (unpaired) electrons. The molecule has 0 aromatic heterocycles. The number of esters is 1. The first kappa shape index (κ1) is 20.8. The van der Waals surface area contributed by atoms with E-state index in [2.05, 4.69) is 5.32 Å². The van der Waals surface area contributed by atoms with Gasteiger partial charge < -0.3 is 9.47 Å². The number of carbonyl (C=O) groups excluding carboxylic acids is 1. The molecule has 4 nitrogen and oxygen atoms in total. The first-order valence-electron chi connectivity index (χ1n) is 9.71. The van der Waals surface area contributed by atoms with E-state index < -0.39 is 17.4 Å². The number of alkyl halides is 1. The van der Waals surface area contributed by atoms with E-state index in [-0.39, 0.29) is 12.1 Å². The lowest BCUT2D eigenvalue weighted by atomic mass is 9.94. The molecule has 2 aromatic carbocycles. The SMILES string of the molecule is CC(C)(C)OC(=O)[C@H]1NC(c2ccccc2)(c2ccccc2)O[C@@H]1CCCCl. The zero-order valence-electron chi connectivity index (χ0n) is 16.7. The minimum absolute atomic E-state index is 0.305. The number of nitrogens with one attached hydrogen (secondary N) is 1. The van der Waals surface area contributed by atoms with Crippen LogP contribution in [0.4, 0.5) is 0 Å². The molecule has 2 atom stereocenters. The second-order valence-electron chi connectivity index (χ2n) is 8.06. The summed E-state index contributed by atoms with van der Waals surface area (Å²) in [5, 5.41) is 3.48. The van der Waals surface area contributed by atoms with Crippen LogP contribution in [0.5, 0.6) is 0 Å². The van der Waals surface area contributed by atoms with Crippen molar-refractivity contribution < 1.29 is 14.3 Å². The van der Waals surface area contributed by atoms with Crippen molar-refractivity contribution in [2.75, 3.05) is 5.88 Å². The fourth-order valence-electron chi connectivity index (χ4n) is 3.54. The smallest absolute Gasteiger partial charge is 0.326 e. The Balaban J connectivity index is 2.02. The third-order valence-electron chi connectivity index (χ3n) is 4.70. The van der Waals surface area contributed by atoms with Crippen molar-refractivity contribution >= 4 is 17.6 Å². The Labute approximate surface area is 172 Å². The van der Waals surface area contributed by atoms with Crippen LogP contribution >= 0.6 is 11.6 Å². The van der Waals surface area contributed by atoms with Crippen molar-refractivity contribution in [3.05, 3.63) is 71.8 Å².